The lowest BCUT2D eigenvalue weighted by Crippen LogP contribution is -2.43. The summed E-state index contributed by atoms with van der Waals surface area (Å²) in [4.78, 5) is 23.8. The summed E-state index contributed by atoms with van der Waals surface area (Å²) < 4.78 is 12.3. The Morgan fingerprint density at radius 2 is 1.59 bits per heavy atom. The summed E-state index contributed by atoms with van der Waals surface area (Å²) in [6, 6.07) is 16.9. The van der Waals surface area contributed by atoms with E-state index in [9.17, 15) is 9.59 Å². The van der Waals surface area contributed by atoms with Crippen LogP contribution < -0.4 is 10.1 Å². The molecule has 154 valence electrons. The van der Waals surface area contributed by atoms with Crippen molar-refractivity contribution in [3.63, 3.8) is 0 Å². The number of nitrogens with one attached hydrogen (secondary N) is 1. The third-order valence-electron chi connectivity index (χ3n) is 4.31. The van der Waals surface area contributed by atoms with E-state index in [0.717, 1.165) is 37.0 Å². The lowest BCUT2D eigenvalue weighted by atomic mass is 10.0. The van der Waals surface area contributed by atoms with Gasteiger partial charge in [0.05, 0.1) is 13.2 Å². The van der Waals surface area contributed by atoms with Crippen LogP contribution in [0.5, 0.6) is 5.75 Å². The van der Waals surface area contributed by atoms with E-state index in [4.69, 9.17) is 9.47 Å². The molecule has 1 amide bonds. The molecule has 2 aromatic carbocycles. The highest BCUT2D eigenvalue weighted by Gasteiger charge is 2.21. The maximum absolute atomic E-state index is 12.3. The number of amides is 1. The Bertz CT molecular complexity index is 755. The highest BCUT2D eigenvalue weighted by atomic mass is 127. The number of hydrogen-bond donors (Lipinski definition) is 1. The van der Waals surface area contributed by atoms with Crippen molar-refractivity contribution >= 4 is 42.2 Å². The van der Waals surface area contributed by atoms with Crippen LogP contribution >= 0.6 is 22.6 Å². The van der Waals surface area contributed by atoms with Gasteiger partial charge < -0.3 is 14.8 Å². The zero-order valence-corrected chi connectivity index (χ0v) is 18.9. The van der Waals surface area contributed by atoms with Crippen LogP contribution in [0.4, 0.5) is 4.79 Å². The van der Waals surface area contributed by atoms with Crippen molar-refractivity contribution in [3.8, 4) is 5.75 Å². The van der Waals surface area contributed by atoms with E-state index in [0.29, 0.717) is 19.6 Å². The van der Waals surface area contributed by atoms with Crippen LogP contribution in [0.2, 0.25) is 0 Å². The summed E-state index contributed by atoms with van der Waals surface area (Å²) >= 11 is 2.27. The molecule has 5 nitrogen and oxygen atoms in total. The second kappa shape index (κ2) is 13.2. The number of rotatable bonds is 12. The van der Waals surface area contributed by atoms with E-state index in [1.807, 2.05) is 54.6 Å². The van der Waals surface area contributed by atoms with Crippen molar-refractivity contribution in [2.24, 2.45) is 0 Å². The normalized spacial score (nSPS) is 11.5. The fourth-order valence-electron chi connectivity index (χ4n) is 2.84. The zero-order valence-electron chi connectivity index (χ0n) is 16.7. The fourth-order valence-corrected chi connectivity index (χ4v) is 3.20. The molecule has 0 aliphatic rings. The number of halogens is 1. The van der Waals surface area contributed by atoms with E-state index in [1.165, 1.54) is 11.4 Å². The number of benzene rings is 2. The van der Waals surface area contributed by atoms with Gasteiger partial charge >= 0.3 is 5.97 Å². The van der Waals surface area contributed by atoms with Crippen molar-refractivity contribution in [2.75, 3.05) is 13.2 Å². The van der Waals surface area contributed by atoms with Gasteiger partial charge in [0.25, 0.3) is 0 Å². The molecule has 0 saturated heterocycles. The smallest absolute Gasteiger partial charge is 0.328 e. The average Bonchev–Trinajstić information content (AvgIpc) is 2.71. The SMILES string of the molecule is BC(=O)N[C@@H](Cc1ccccc1)C(=O)OCCCCCCOc1ccc(I)cc1. The number of esters is 1. The molecular weight excluding hydrogens is 480 g/mol. The van der Waals surface area contributed by atoms with Crippen molar-refractivity contribution in [1.82, 2.24) is 5.32 Å². The third kappa shape index (κ3) is 9.83. The van der Waals surface area contributed by atoms with E-state index in [-0.39, 0.29) is 11.8 Å². The zero-order chi connectivity index (χ0) is 20.9. The molecule has 0 unspecified atom stereocenters. The van der Waals surface area contributed by atoms with Crippen LogP contribution in [-0.2, 0) is 16.0 Å². The van der Waals surface area contributed by atoms with Crippen molar-refractivity contribution in [3.05, 3.63) is 63.7 Å². The lowest BCUT2D eigenvalue weighted by molar-refractivity contribution is -0.145. The van der Waals surface area contributed by atoms with Crippen molar-refractivity contribution in [2.45, 2.75) is 38.1 Å². The predicted molar refractivity (Wildman–Crippen MR) is 125 cm³/mol. The number of carbonyl (C=O) groups is 2. The Balaban J connectivity index is 1.60. The molecule has 2 rings (SSSR count). The predicted octanol–water partition coefficient (Wildman–Crippen LogP) is 3.73. The van der Waals surface area contributed by atoms with E-state index >= 15 is 0 Å². The molecule has 0 radical (unpaired) electrons. The molecule has 0 fully saturated rings. The summed E-state index contributed by atoms with van der Waals surface area (Å²) in [6.45, 7) is 1.05. The number of unbranched alkanes of at least 4 members (excludes halogenated alkanes) is 3. The molecule has 1 atom stereocenters. The third-order valence-corrected chi connectivity index (χ3v) is 5.03. The number of hydrogen-bond acceptors (Lipinski definition) is 4. The first kappa shape index (κ1) is 23.3. The average molecular weight is 507 g/mol. The van der Waals surface area contributed by atoms with Gasteiger partial charge in [0.2, 0.25) is 7.85 Å². The summed E-state index contributed by atoms with van der Waals surface area (Å²) in [5.41, 5.74) is 0.983. The first-order valence-electron chi connectivity index (χ1n) is 9.90. The van der Waals surface area contributed by atoms with Gasteiger partial charge in [0, 0.05) is 9.99 Å². The van der Waals surface area contributed by atoms with E-state index in [2.05, 4.69) is 27.9 Å². The highest BCUT2D eigenvalue weighted by molar-refractivity contribution is 14.1. The van der Waals surface area contributed by atoms with E-state index < -0.39 is 6.04 Å². The summed E-state index contributed by atoms with van der Waals surface area (Å²) in [5.74, 6) is 0.267. The first-order valence-corrected chi connectivity index (χ1v) is 11.0. The van der Waals surface area contributed by atoms with Gasteiger partial charge in [-0.1, -0.05) is 30.3 Å². The molecule has 2 aromatic rings. The molecule has 7 heteroatoms. The van der Waals surface area contributed by atoms with Crippen LogP contribution in [0.3, 0.4) is 0 Å². The van der Waals surface area contributed by atoms with Gasteiger partial charge in [0.15, 0.2) is 5.81 Å². The van der Waals surface area contributed by atoms with Crippen LogP contribution in [0, 0.1) is 3.57 Å². The van der Waals surface area contributed by atoms with Gasteiger partial charge in [-0.2, -0.15) is 0 Å². The molecular formula is C22H27BINO4. The Labute approximate surface area is 187 Å². The van der Waals surface area contributed by atoms with Crippen molar-refractivity contribution < 1.29 is 19.1 Å². The van der Waals surface area contributed by atoms with Crippen LogP contribution in [0.1, 0.15) is 31.2 Å². The molecule has 0 aliphatic carbocycles. The monoisotopic (exact) mass is 507 g/mol. The van der Waals surface area contributed by atoms with Crippen molar-refractivity contribution in [1.29, 1.82) is 0 Å². The van der Waals surface area contributed by atoms with Crippen LogP contribution in [-0.4, -0.2) is 38.9 Å². The van der Waals surface area contributed by atoms with Gasteiger partial charge in [-0.15, -0.1) is 0 Å². The second-order valence-corrected chi connectivity index (χ2v) is 8.07. The van der Waals surface area contributed by atoms with Gasteiger partial charge in [-0.25, -0.2) is 4.79 Å². The molecule has 1 N–H and O–H groups in total. The number of carbonyl (C=O) groups excluding carboxylic acids is 2. The minimum Gasteiger partial charge on any atom is -0.494 e. The number of ether oxygens (including phenoxy) is 2. The largest absolute Gasteiger partial charge is 0.494 e. The standard InChI is InChI=1S/C22H27BINO4/c23-22(27)25-20(16-17-8-4-3-5-9-17)21(26)29-15-7-2-1-6-14-28-19-12-10-18(24)11-13-19/h3-5,8-13,20H,1-2,6-7,14-16,23H2,(H,25,27)/t20-/m0/s1. The van der Waals surface area contributed by atoms with Gasteiger partial charge in [-0.05, 0) is 78.1 Å². The molecule has 0 bridgehead atoms. The Morgan fingerprint density at radius 1 is 0.931 bits per heavy atom. The summed E-state index contributed by atoms with van der Waals surface area (Å²) in [7, 11) is 1.41. The topological polar surface area (TPSA) is 64.6 Å². The van der Waals surface area contributed by atoms with Gasteiger partial charge in [0.1, 0.15) is 11.8 Å². The molecule has 0 spiro atoms. The minimum absolute atomic E-state index is 0.240. The minimum atomic E-state index is -0.655. The second-order valence-electron chi connectivity index (χ2n) is 6.83. The maximum Gasteiger partial charge on any atom is 0.328 e. The maximum atomic E-state index is 12.3. The molecule has 0 saturated carbocycles. The summed E-state index contributed by atoms with van der Waals surface area (Å²) in [5, 5.41) is 2.69. The molecule has 29 heavy (non-hydrogen) atoms. The van der Waals surface area contributed by atoms with E-state index in [1.54, 1.807) is 0 Å². The quantitative estimate of drug-likeness (QED) is 0.206. The fraction of sp³-hybridized carbons (Fsp3) is 0.364. The Kier molecular flexibility index (Phi) is 10.6. The molecule has 0 heterocycles. The summed E-state index contributed by atoms with van der Waals surface area (Å²) in [6.07, 6.45) is 4.17. The lowest BCUT2D eigenvalue weighted by Gasteiger charge is -2.17. The Morgan fingerprint density at radius 3 is 2.24 bits per heavy atom. The van der Waals surface area contributed by atoms with Gasteiger partial charge in [-0.3, -0.25) is 4.79 Å². The molecule has 0 aliphatic heterocycles. The van der Waals surface area contributed by atoms with Crippen LogP contribution in [0.25, 0.3) is 0 Å². The Hall–Kier alpha value is -2.03. The first-order chi connectivity index (χ1) is 14.0. The highest BCUT2D eigenvalue weighted by Crippen LogP contribution is 2.14. The molecule has 0 aromatic heterocycles. The van der Waals surface area contributed by atoms with Crippen LogP contribution in [0.15, 0.2) is 54.6 Å².